The van der Waals surface area contributed by atoms with Crippen LogP contribution in [0.15, 0.2) is 24.3 Å². The van der Waals surface area contributed by atoms with Gasteiger partial charge in [-0.05, 0) is 56.9 Å². The molecule has 1 aromatic rings. The van der Waals surface area contributed by atoms with Crippen LogP contribution in [-0.2, 0) is 16.1 Å². The molecule has 5 nitrogen and oxygen atoms in total. The Hall–Kier alpha value is -1.66. The summed E-state index contributed by atoms with van der Waals surface area (Å²) in [5.74, 6) is 1.78. The molecule has 1 aromatic carbocycles. The minimum absolute atomic E-state index is 0. The molecule has 0 heterocycles. The Bertz CT molecular complexity index is 652. The number of imide groups is 1. The van der Waals surface area contributed by atoms with Crippen molar-refractivity contribution in [2.45, 2.75) is 58.5 Å². The van der Waals surface area contributed by atoms with Crippen LogP contribution in [0.2, 0.25) is 0 Å². The van der Waals surface area contributed by atoms with Gasteiger partial charge in [-0.3, -0.25) is 24.6 Å². The van der Waals surface area contributed by atoms with Gasteiger partial charge in [0.1, 0.15) is 6.29 Å². The molecule has 2 amide bonds. The molecular weight excluding hydrogens is 372 g/mol. The standard InChI is InChI=1S/C16H20N2O3.C5H10S.CH4/c1-16(7-14(8-16)15(21)17-11-20)18(2)9-12-5-3-4-6-13(12)10-19;6-4-5-2-1-3-5;/h3-6,10-11,14H,7-9H2,1-2H3,(H,17,20,21);5-6H,1-4H2;1H4. The van der Waals surface area contributed by atoms with Gasteiger partial charge >= 0.3 is 0 Å². The van der Waals surface area contributed by atoms with E-state index in [1.165, 1.54) is 19.3 Å². The Morgan fingerprint density at radius 3 is 2.39 bits per heavy atom. The number of aldehydes is 1. The third-order valence-electron chi connectivity index (χ3n) is 5.94. The lowest BCUT2D eigenvalue weighted by molar-refractivity contribution is -0.135. The number of thiol groups is 1. The number of hydrogen-bond acceptors (Lipinski definition) is 5. The van der Waals surface area contributed by atoms with Crippen LogP contribution >= 0.6 is 12.6 Å². The summed E-state index contributed by atoms with van der Waals surface area (Å²) in [4.78, 5) is 35.1. The van der Waals surface area contributed by atoms with Crippen molar-refractivity contribution >= 4 is 31.2 Å². The monoisotopic (exact) mass is 406 g/mol. The average molecular weight is 407 g/mol. The lowest BCUT2D eigenvalue weighted by Crippen LogP contribution is -2.56. The molecule has 0 bridgehead atoms. The number of nitrogens with one attached hydrogen (secondary N) is 1. The van der Waals surface area contributed by atoms with Crippen LogP contribution in [-0.4, -0.2) is 41.8 Å². The predicted octanol–water partition coefficient (Wildman–Crippen LogP) is 3.72. The number of benzene rings is 1. The van der Waals surface area contributed by atoms with E-state index in [0.717, 1.165) is 23.5 Å². The van der Waals surface area contributed by atoms with E-state index in [9.17, 15) is 14.4 Å². The van der Waals surface area contributed by atoms with Crippen molar-refractivity contribution in [2.24, 2.45) is 11.8 Å². The van der Waals surface area contributed by atoms with E-state index < -0.39 is 0 Å². The van der Waals surface area contributed by atoms with Gasteiger partial charge in [-0.1, -0.05) is 38.1 Å². The smallest absolute Gasteiger partial charge is 0.229 e. The van der Waals surface area contributed by atoms with Crippen molar-refractivity contribution in [3.05, 3.63) is 35.4 Å². The van der Waals surface area contributed by atoms with E-state index in [-0.39, 0.29) is 24.8 Å². The topological polar surface area (TPSA) is 66.5 Å². The number of nitrogens with zero attached hydrogens (tertiary/aromatic N) is 1. The Morgan fingerprint density at radius 1 is 1.29 bits per heavy atom. The summed E-state index contributed by atoms with van der Waals surface area (Å²) in [5, 5.41) is 2.21. The van der Waals surface area contributed by atoms with E-state index in [1.807, 2.05) is 25.2 Å². The van der Waals surface area contributed by atoms with Gasteiger partial charge in [-0.15, -0.1) is 0 Å². The van der Waals surface area contributed by atoms with Crippen molar-refractivity contribution in [1.82, 2.24) is 10.2 Å². The Balaban J connectivity index is 0.000000478. The average Bonchev–Trinajstić information content (AvgIpc) is 2.59. The maximum Gasteiger partial charge on any atom is 0.229 e. The number of carbonyl (C=O) groups excluding carboxylic acids is 3. The second kappa shape index (κ2) is 11.4. The van der Waals surface area contributed by atoms with Crippen LogP contribution < -0.4 is 5.32 Å². The fourth-order valence-corrected chi connectivity index (χ4v) is 3.95. The van der Waals surface area contributed by atoms with E-state index in [1.54, 1.807) is 6.07 Å². The summed E-state index contributed by atoms with van der Waals surface area (Å²) in [5.41, 5.74) is 1.60. The molecule has 2 fully saturated rings. The predicted molar refractivity (Wildman–Crippen MR) is 117 cm³/mol. The fraction of sp³-hybridized carbons (Fsp3) is 0.591. The lowest BCUT2D eigenvalue weighted by Gasteiger charge is -2.50. The first-order valence-electron chi connectivity index (χ1n) is 9.52. The molecule has 2 aliphatic carbocycles. The molecule has 3 rings (SSSR count). The second-order valence-corrected chi connectivity index (χ2v) is 8.25. The van der Waals surface area contributed by atoms with Crippen molar-refractivity contribution in [2.75, 3.05) is 12.8 Å². The van der Waals surface area contributed by atoms with Crippen LogP contribution in [0.1, 0.15) is 62.4 Å². The van der Waals surface area contributed by atoms with Gasteiger partial charge < -0.3 is 0 Å². The van der Waals surface area contributed by atoms with Gasteiger partial charge in [-0.2, -0.15) is 12.6 Å². The quantitative estimate of drug-likeness (QED) is 0.535. The van der Waals surface area contributed by atoms with Gasteiger partial charge in [0.15, 0.2) is 0 Å². The first-order chi connectivity index (χ1) is 12.9. The summed E-state index contributed by atoms with van der Waals surface area (Å²) < 4.78 is 0. The molecule has 0 unspecified atom stereocenters. The highest BCUT2D eigenvalue weighted by Gasteiger charge is 2.46. The molecule has 0 aromatic heterocycles. The number of carbonyl (C=O) groups is 3. The highest BCUT2D eigenvalue weighted by molar-refractivity contribution is 7.80. The third-order valence-corrected chi connectivity index (χ3v) is 6.45. The zero-order chi connectivity index (χ0) is 19.9. The minimum atomic E-state index is -0.204. The molecule has 28 heavy (non-hydrogen) atoms. The third kappa shape index (κ3) is 6.17. The second-order valence-electron chi connectivity index (χ2n) is 7.88. The van der Waals surface area contributed by atoms with E-state index in [4.69, 9.17) is 0 Å². The molecule has 0 aliphatic heterocycles. The van der Waals surface area contributed by atoms with Crippen molar-refractivity contribution in [1.29, 1.82) is 0 Å². The minimum Gasteiger partial charge on any atom is -0.299 e. The molecular formula is C22H34N2O3S. The van der Waals surface area contributed by atoms with Crippen LogP contribution in [0, 0.1) is 11.8 Å². The maximum absolute atomic E-state index is 11.6. The van der Waals surface area contributed by atoms with Crippen LogP contribution in [0.5, 0.6) is 0 Å². The normalized spacial score (nSPS) is 23.2. The van der Waals surface area contributed by atoms with Gasteiger partial charge in [0.2, 0.25) is 12.3 Å². The van der Waals surface area contributed by atoms with Gasteiger partial charge in [-0.25, -0.2) is 0 Å². The zero-order valence-electron chi connectivity index (χ0n) is 16.2. The van der Waals surface area contributed by atoms with Crippen LogP contribution in [0.25, 0.3) is 0 Å². The number of rotatable bonds is 7. The van der Waals surface area contributed by atoms with Gasteiger partial charge in [0.25, 0.3) is 0 Å². The summed E-state index contributed by atoms with van der Waals surface area (Å²) in [6.45, 7) is 2.76. The molecule has 0 radical (unpaired) electrons. The maximum atomic E-state index is 11.6. The molecule has 1 N–H and O–H groups in total. The zero-order valence-corrected chi connectivity index (χ0v) is 17.1. The van der Waals surface area contributed by atoms with Crippen molar-refractivity contribution in [3.63, 3.8) is 0 Å². The van der Waals surface area contributed by atoms with E-state index in [2.05, 4.69) is 29.8 Å². The van der Waals surface area contributed by atoms with Crippen molar-refractivity contribution < 1.29 is 14.4 Å². The molecule has 156 valence electrons. The number of hydrogen-bond donors (Lipinski definition) is 2. The van der Waals surface area contributed by atoms with Gasteiger partial charge in [0.05, 0.1) is 0 Å². The molecule has 0 atom stereocenters. The molecule has 0 spiro atoms. The van der Waals surface area contributed by atoms with Crippen molar-refractivity contribution in [3.8, 4) is 0 Å². The SMILES string of the molecule is C.CN(Cc1ccccc1C=O)C1(C)CC(C(=O)NC=O)C1.SCC1CCC1. The molecule has 2 saturated carbocycles. The Kier molecular flexibility index (Phi) is 9.90. The Labute approximate surface area is 174 Å². The highest BCUT2D eigenvalue weighted by atomic mass is 32.1. The summed E-state index contributed by atoms with van der Waals surface area (Å²) in [7, 11) is 2.00. The highest BCUT2D eigenvalue weighted by Crippen LogP contribution is 2.42. The number of amides is 2. The fourth-order valence-electron chi connectivity index (χ4n) is 3.59. The van der Waals surface area contributed by atoms with E-state index >= 15 is 0 Å². The van der Waals surface area contributed by atoms with E-state index in [0.29, 0.717) is 31.4 Å². The largest absolute Gasteiger partial charge is 0.299 e. The van der Waals surface area contributed by atoms with Gasteiger partial charge in [0, 0.05) is 23.6 Å². The Morgan fingerprint density at radius 2 is 1.93 bits per heavy atom. The summed E-state index contributed by atoms with van der Waals surface area (Å²) in [6.07, 6.45) is 7.05. The molecule has 2 aliphatic rings. The van der Waals surface area contributed by atoms with Crippen LogP contribution in [0.4, 0.5) is 0 Å². The summed E-state index contributed by atoms with van der Waals surface area (Å²) >= 11 is 4.15. The molecule has 0 saturated heterocycles. The molecule has 6 heteroatoms. The lowest BCUT2D eigenvalue weighted by atomic mass is 9.68. The van der Waals surface area contributed by atoms with Crippen LogP contribution in [0.3, 0.4) is 0 Å². The first kappa shape index (κ1) is 24.4. The first-order valence-corrected chi connectivity index (χ1v) is 10.2. The summed E-state index contributed by atoms with van der Waals surface area (Å²) in [6, 6.07) is 7.51.